The number of benzene rings is 1. The predicted octanol–water partition coefficient (Wildman–Crippen LogP) is 1.05. The van der Waals surface area contributed by atoms with Crippen LogP contribution in [0.4, 0.5) is 0 Å². The van der Waals surface area contributed by atoms with Crippen LogP contribution >= 0.6 is 0 Å². The topological polar surface area (TPSA) is 85.2 Å². The van der Waals surface area contributed by atoms with Gasteiger partial charge in [0.2, 0.25) is 0 Å². The van der Waals surface area contributed by atoms with Gasteiger partial charge in [0.05, 0.1) is 33.4 Å². The highest BCUT2D eigenvalue weighted by molar-refractivity contribution is 5.70. The van der Waals surface area contributed by atoms with Crippen molar-refractivity contribution in [2.24, 2.45) is 0 Å². The molecule has 1 aromatic carbocycles. The molecule has 0 radical (unpaired) electrons. The number of methoxy groups -OCH3 is 2. The normalized spacial score (nSPS) is 13.4. The lowest BCUT2D eigenvalue weighted by molar-refractivity contribution is -0.147. The molecule has 0 heterocycles. The van der Waals surface area contributed by atoms with Crippen molar-refractivity contribution in [3.63, 3.8) is 0 Å². The predicted molar refractivity (Wildman–Crippen MR) is 71.8 cm³/mol. The average molecular weight is 284 g/mol. The summed E-state index contributed by atoms with van der Waals surface area (Å²) in [5, 5.41) is 19.9. The van der Waals surface area contributed by atoms with Gasteiger partial charge >= 0.3 is 5.97 Å². The van der Waals surface area contributed by atoms with Crippen molar-refractivity contribution in [2.75, 3.05) is 20.8 Å². The molecule has 1 rings (SSSR count). The van der Waals surface area contributed by atoms with Crippen LogP contribution in [-0.4, -0.2) is 43.1 Å². The van der Waals surface area contributed by atoms with E-state index in [4.69, 9.17) is 14.2 Å². The van der Waals surface area contributed by atoms with Gasteiger partial charge in [-0.1, -0.05) is 6.07 Å². The standard InChI is InChI=1S/C14H20O6/c1-4-20-13(16)8-10(15)14(17)9-5-6-11(18-2)12(7-9)19-3/h5-7,10,14-15,17H,4,8H2,1-3H3. The Morgan fingerprint density at radius 3 is 2.40 bits per heavy atom. The number of ether oxygens (including phenoxy) is 3. The Kier molecular flexibility index (Phi) is 6.27. The van der Waals surface area contributed by atoms with Crippen molar-refractivity contribution >= 4 is 5.97 Å². The summed E-state index contributed by atoms with van der Waals surface area (Å²) in [6, 6.07) is 4.77. The first kappa shape index (κ1) is 16.3. The number of carbonyl (C=O) groups is 1. The third-order valence-electron chi connectivity index (χ3n) is 2.79. The summed E-state index contributed by atoms with van der Waals surface area (Å²) in [5.74, 6) is 0.398. The van der Waals surface area contributed by atoms with Gasteiger partial charge in [0.25, 0.3) is 0 Å². The first-order valence-corrected chi connectivity index (χ1v) is 6.27. The Labute approximate surface area is 117 Å². The molecule has 0 aromatic heterocycles. The zero-order valence-corrected chi connectivity index (χ0v) is 11.8. The summed E-state index contributed by atoms with van der Waals surface area (Å²) < 4.78 is 14.9. The van der Waals surface area contributed by atoms with Crippen molar-refractivity contribution in [3.8, 4) is 11.5 Å². The summed E-state index contributed by atoms with van der Waals surface area (Å²) in [4.78, 5) is 11.3. The van der Waals surface area contributed by atoms with E-state index in [1.54, 1.807) is 25.1 Å². The van der Waals surface area contributed by atoms with Crippen molar-refractivity contribution in [1.29, 1.82) is 0 Å². The van der Waals surface area contributed by atoms with Crippen LogP contribution < -0.4 is 9.47 Å². The number of hydrogen-bond acceptors (Lipinski definition) is 6. The molecule has 2 N–H and O–H groups in total. The van der Waals surface area contributed by atoms with Crippen LogP contribution in [-0.2, 0) is 9.53 Å². The maximum Gasteiger partial charge on any atom is 0.308 e. The molecular formula is C14H20O6. The molecule has 20 heavy (non-hydrogen) atoms. The number of rotatable bonds is 7. The fourth-order valence-electron chi connectivity index (χ4n) is 1.76. The van der Waals surface area contributed by atoms with Crippen molar-refractivity contribution in [3.05, 3.63) is 23.8 Å². The second-order valence-corrected chi connectivity index (χ2v) is 4.14. The van der Waals surface area contributed by atoms with E-state index >= 15 is 0 Å². The van der Waals surface area contributed by atoms with Gasteiger partial charge in [-0.05, 0) is 24.6 Å². The first-order valence-electron chi connectivity index (χ1n) is 6.27. The zero-order chi connectivity index (χ0) is 15.1. The monoisotopic (exact) mass is 284 g/mol. The Balaban J connectivity index is 2.80. The molecule has 0 saturated carbocycles. The highest BCUT2D eigenvalue weighted by Crippen LogP contribution is 2.31. The number of hydrogen-bond donors (Lipinski definition) is 2. The molecule has 0 aliphatic rings. The zero-order valence-electron chi connectivity index (χ0n) is 11.8. The Hall–Kier alpha value is -1.79. The highest BCUT2D eigenvalue weighted by Gasteiger charge is 2.23. The van der Waals surface area contributed by atoms with E-state index in [1.165, 1.54) is 14.2 Å². The van der Waals surface area contributed by atoms with E-state index in [9.17, 15) is 15.0 Å². The second kappa shape index (κ2) is 7.72. The molecule has 0 fully saturated rings. The quantitative estimate of drug-likeness (QED) is 0.728. The van der Waals surface area contributed by atoms with E-state index < -0.39 is 18.2 Å². The Morgan fingerprint density at radius 2 is 1.85 bits per heavy atom. The molecule has 2 unspecified atom stereocenters. The third-order valence-corrected chi connectivity index (χ3v) is 2.79. The van der Waals surface area contributed by atoms with Gasteiger partial charge in [-0.2, -0.15) is 0 Å². The lowest BCUT2D eigenvalue weighted by Gasteiger charge is -2.18. The van der Waals surface area contributed by atoms with Crippen LogP contribution in [0.2, 0.25) is 0 Å². The van der Waals surface area contributed by atoms with E-state index in [2.05, 4.69) is 0 Å². The smallest absolute Gasteiger partial charge is 0.308 e. The molecule has 0 amide bonds. The molecule has 2 atom stereocenters. The molecule has 0 saturated heterocycles. The minimum atomic E-state index is -1.24. The van der Waals surface area contributed by atoms with Gasteiger partial charge in [0.15, 0.2) is 11.5 Å². The summed E-state index contributed by atoms with van der Waals surface area (Å²) >= 11 is 0. The van der Waals surface area contributed by atoms with E-state index in [1.807, 2.05) is 0 Å². The van der Waals surface area contributed by atoms with E-state index in [0.29, 0.717) is 17.1 Å². The largest absolute Gasteiger partial charge is 0.493 e. The maximum atomic E-state index is 11.3. The molecule has 6 nitrogen and oxygen atoms in total. The fourth-order valence-corrected chi connectivity index (χ4v) is 1.76. The van der Waals surface area contributed by atoms with Gasteiger partial charge in [-0.3, -0.25) is 4.79 Å². The maximum absolute atomic E-state index is 11.3. The molecular weight excluding hydrogens is 264 g/mol. The molecule has 0 aliphatic heterocycles. The summed E-state index contributed by atoms with van der Waals surface area (Å²) in [6.07, 6.45) is -2.73. The van der Waals surface area contributed by atoms with Crippen molar-refractivity contribution in [2.45, 2.75) is 25.6 Å². The second-order valence-electron chi connectivity index (χ2n) is 4.14. The van der Waals surface area contributed by atoms with Gasteiger partial charge in [-0.15, -0.1) is 0 Å². The fraction of sp³-hybridized carbons (Fsp3) is 0.500. The highest BCUT2D eigenvalue weighted by atomic mass is 16.5. The van der Waals surface area contributed by atoms with Crippen molar-refractivity contribution in [1.82, 2.24) is 0 Å². The lowest BCUT2D eigenvalue weighted by Crippen LogP contribution is -2.23. The van der Waals surface area contributed by atoms with Gasteiger partial charge in [0, 0.05) is 0 Å². The third kappa shape index (κ3) is 4.11. The van der Waals surface area contributed by atoms with Crippen LogP contribution in [0.5, 0.6) is 11.5 Å². The summed E-state index contributed by atoms with van der Waals surface area (Å²) in [7, 11) is 2.98. The van der Waals surface area contributed by atoms with Crippen LogP contribution in [0.1, 0.15) is 25.0 Å². The minimum absolute atomic E-state index is 0.234. The van der Waals surface area contributed by atoms with Crippen LogP contribution in [0.25, 0.3) is 0 Å². The van der Waals surface area contributed by atoms with Gasteiger partial charge in [0.1, 0.15) is 6.10 Å². The Morgan fingerprint density at radius 1 is 1.20 bits per heavy atom. The van der Waals surface area contributed by atoms with Gasteiger partial charge in [-0.25, -0.2) is 0 Å². The molecule has 0 aliphatic carbocycles. The van der Waals surface area contributed by atoms with Crippen LogP contribution in [0, 0.1) is 0 Å². The number of esters is 1. The molecule has 0 bridgehead atoms. The van der Waals surface area contributed by atoms with Gasteiger partial charge < -0.3 is 24.4 Å². The molecule has 112 valence electrons. The number of aliphatic hydroxyl groups is 2. The van der Waals surface area contributed by atoms with Crippen LogP contribution in [0.3, 0.4) is 0 Å². The Bertz CT molecular complexity index is 445. The molecule has 6 heteroatoms. The number of aliphatic hydroxyl groups excluding tert-OH is 2. The number of carbonyl (C=O) groups excluding carboxylic acids is 1. The first-order chi connectivity index (χ1) is 9.53. The average Bonchev–Trinajstić information content (AvgIpc) is 2.45. The summed E-state index contributed by atoms with van der Waals surface area (Å²) in [6.45, 7) is 1.91. The lowest BCUT2D eigenvalue weighted by atomic mass is 10.0. The van der Waals surface area contributed by atoms with E-state index in [-0.39, 0.29) is 13.0 Å². The van der Waals surface area contributed by atoms with Crippen molar-refractivity contribution < 1.29 is 29.2 Å². The molecule has 1 aromatic rings. The van der Waals surface area contributed by atoms with E-state index in [0.717, 1.165) is 0 Å². The summed E-state index contributed by atoms with van der Waals surface area (Å²) in [5.41, 5.74) is 0.430. The minimum Gasteiger partial charge on any atom is -0.493 e. The SMILES string of the molecule is CCOC(=O)CC(O)C(O)c1ccc(OC)c(OC)c1. The molecule has 0 spiro atoms. The van der Waals surface area contributed by atoms with Crippen LogP contribution in [0.15, 0.2) is 18.2 Å².